The van der Waals surface area contributed by atoms with Crippen LogP contribution in [0.4, 0.5) is 0 Å². The molecule has 0 atom stereocenters. The third kappa shape index (κ3) is 4.77. The summed E-state index contributed by atoms with van der Waals surface area (Å²) in [5.74, 6) is -0.0767. The largest absolute Gasteiger partial charge is 0.480 e. The van der Waals surface area contributed by atoms with Crippen molar-refractivity contribution in [1.29, 1.82) is 0 Å². The summed E-state index contributed by atoms with van der Waals surface area (Å²) in [5, 5.41) is 15.1. The predicted octanol–water partition coefficient (Wildman–Crippen LogP) is 1.69. The molecular weight excluding hydrogens is 326 g/mol. The minimum atomic E-state index is -0.765. The van der Waals surface area contributed by atoms with Crippen LogP contribution in [0.3, 0.4) is 0 Å². The van der Waals surface area contributed by atoms with Crippen LogP contribution in [-0.2, 0) is 22.4 Å². The molecule has 6 nitrogen and oxygen atoms in total. The molecular formula is C17H25N3O3S. The zero-order valence-corrected chi connectivity index (χ0v) is 14.8. The van der Waals surface area contributed by atoms with Gasteiger partial charge in [-0.2, -0.15) is 0 Å². The highest BCUT2D eigenvalue weighted by Crippen LogP contribution is 2.33. The number of aryl methyl sites for hydroxylation is 1. The van der Waals surface area contributed by atoms with Crippen molar-refractivity contribution in [2.75, 3.05) is 13.1 Å². The molecule has 132 valence electrons. The van der Waals surface area contributed by atoms with E-state index in [0.717, 1.165) is 36.5 Å². The van der Waals surface area contributed by atoms with Crippen LogP contribution in [0.25, 0.3) is 0 Å². The van der Waals surface area contributed by atoms with Gasteiger partial charge in [0, 0.05) is 24.0 Å². The molecule has 0 unspecified atom stereocenters. The molecule has 0 spiro atoms. The Bertz CT molecular complexity index is 594. The van der Waals surface area contributed by atoms with Crippen LogP contribution < -0.4 is 5.32 Å². The van der Waals surface area contributed by atoms with E-state index >= 15 is 0 Å². The Morgan fingerprint density at radius 2 is 2.17 bits per heavy atom. The number of carboxylic acid groups (broad SMARTS) is 1. The molecule has 7 heteroatoms. The summed E-state index contributed by atoms with van der Waals surface area (Å²) < 4.78 is 0. The summed E-state index contributed by atoms with van der Waals surface area (Å²) in [6.45, 7) is 3.05. The number of aromatic nitrogens is 1. The van der Waals surface area contributed by atoms with Gasteiger partial charge in [0.1, 0.15) is 0 Å². The van der Waals surface area contributed by atoms with Gasteiger partial charge in [0.25, 0.3) is 0 Å². The van der Waals surface area contributed by atoms with Crippen LogP contribution in [0.5, 0.6) is 0 Å². The number of carbonyl (C=O) groups is 2. The summed E-state index contributed by atoms with van der Waals surface area (Å²) in [6.07, 6.45) is 5.37. The molecule has 1 amide bonds. The quantitative estimate of drug-likeness (QED) is 0.707. The van der Waals surface area contributed by atoms with Crippen molar-refractivity contribution < 1.29 is 14.7 Å². The van der Waals surface area contributed by atoms with Crippen molar-refractivity contribution in [3.05, 3.63) is 16.1 Å². The molecule has 0 radical (unpaired) electrons. The first-order valence-electron chi connectivity index (χ1n) is 8.72. The van der Waals surface area contributed by atoms with E-state index < -0.39 is 5.97 Å². The number of nitrogens with zero attached hydrogens (tertiary/aromatic N) is 2. The van der Waals surface area contributed by atoms with Crippen LogP contribution in [0.15, 0.2) is 5.38 Å². The third-order valence-corrected chi connectivity index (χ3v) is 5.81. The van der Waals surface area contributed by atoms with Crippen molar-refractivity contribution in [3.63, 3.8) is 0 Å². The second kappa shape index (κ2) is 7.61. The SMILES string of the molecule is CCc1nc(CC(=O)NC2CC(N(CC(=O)O)CC3CC3)C2)cs1. The highest BCUT2D eigenvalue weighted by Gasteiger charge is 2.37. The molecule has 1 heterocycles. The fraction of sp³-hybridized carbons (Fsp3) is 0.706. The lowest BCUT2D eigenvalue weighted by atomic mass is 9.85. The Hall–Kier alpha value is -1.47. The minimum Gasteiger partial charge on any atom is -0.480 e. The first kappa shape index (κ1) is 17.4. The molecule has 1 aromatic heterocycles. The highest BCUT2D eigenvalue weighted by atomic mass is 32.1. The van der Waals surface area contributed by atoms with Gasteiger partial charge in [0.05, 0.1) is 23.7 Å². The summed E-state index contributed by atoms with van der Waals surface area (Å²) in [6, 6.07) is 0.459. The topological polar surface area (TPSA) is 82.5 Å². The molecule has 0 saturated heterocycles. The zero-order valence-electron chi connectivity index (χ0n) is 14.0. The van der Waals surface area contributed by atoms with E-state index in [9.17, 15) is 9.59 Å². The summed E-state index contributed by atoms with van der Waals surface area (Å²) in [5.41, 5.74) is 0.839. The zero-order chi connectivity index (χ0) is 17.1. The minimum absolute atomic E-state index is 0.0124. The lowest BCUT2D eigenvalue weighted by molar-refractivity contribution is -0.140. The van der Waals surface area contributed by atoms with Crippen molar-refractivity contribution >= 4 is 23.2 Å². The fourth-order valence-corrected chi connectivity index (χ4v) is 3.93. The van der Waals surface area contributed by atoms with E-state index in [1.165, 1.54) is 12.8 Å². The maximum atomic E-state index is 12.1. The Labute approximate surface area is 146 Å². The smallest absolute Gasteiger partial charge is 0.317 e. The van der Waals surface area contributed by atoms with Crippen molar-refractivity contribution in [1.82, 2.24) is 15.2 Å². The number of rotatable bonds is 9. The van der Waals surface area contributed by atoms with Crippen molar-refractivity contribution in [2.24, 2.45) is 5.92 Å². The Morgan fingerprint density at radius 3 is 2.75 bits per heavy atom. The number of hydrogen-bond donors (Lipinski definition) is 2. The Kier molecular flexibility index (Phi) is 5.50. The number of thiazole rings is 1. The average molecular weight is 351 g/mol. The molecule has 2 aliphatic rings. The number of carboxylic acids is 1. The van der Waals surface area contributed by atoms with Crippen LogP contribution in [-0.4, -0.2) is 52.0 Å². The van der Waals surface area contributed by atoms with Gasteiger partial charge in [-0.3, -0.25) is 14.5 Å². The van der Waals surface area contributed by atoms with Gasteiger partial charge in [0.15, 0.2) is 0 Å². The van der Waals surface area contributed by atoms with E-state index in [1.54, 1.807) is 11.3 Å². The standard InChI is InChI=1S/C17H25N3O3S/c1-2-16-19-13(10-24-16)7-15(21)18-12-5-14(6-12)20(9-17(22)23)8-11-3-4-11/h10-12,14H,2-9H2,1H3,(H,18,21)(H,22,23). The fourth-order valence-electron chi connectivity index (χ4n) is 3.19. The maximum Gasteiger partial charge on any atom is 0.317 e. The maximum absolute atomic E-state index is 12.1. The van der Waals surface area contributed by atoms with Gasteiger partial charge in [-0.05, 0) is 38.0 Å². The van der Waals surface area contributed by atoms with Gasteiger partial charge in [-0.25, -0.2) is 4.98 Å². The molecule has 2 N–H and O–H groups in total. The summed E-state index contributed by atoms with van der Waals surface area (Å²) in [7, 11) is 0. The Morgan fingerprint density at radius 1 is 1.42 bits per heavy atom. The molecule has 0 aliphatic heterocycles. The van der Waals surface area contributed by atoms with E-state index in [4.69, 9.17) is 5.11 Å². The molecule has 1 aromatic rings. The van der Waals surface area contributed by atoms with Gasteiger partial charge in [-0.15, -0.1) is 11.3 Å². The number of hydrogen-bond acceptors (Lipinski definition) is 5. The van der Waals surface area contributed by atoms with Crippen LogP contribution in [0.2, 0.25) is 0 Å². The van der Waals surface area contributed by atoms with Gasteiger partial charge in [-0.1, -0.05) is 6.92 Å². The molecule has 3 rings (SSSR count). The monoisotopic (exact) mass is 351 g/mol. The number of carbonyl (C=O) groups excluding carboxylic acids is 1. The van der Waals surface area contributed by atoms with Crippen molar-refractivity contribution in [2.45, 2.75) is 57.5 Å². The predicted molar refractivity (Wildman–Crippen MR) is 92.1 cm³/mol. The van der Waals surface area contributed by atoms with Crippen LogP contribution in [0, 0.1) is 5.92 Å². The van der Waals surface area contributed by atoms with Crippen molar-refractivity contribution in [3.8, 4) is 0 Å². The molecule has 2 fully saturated rings. The summed E-state index contributed by atoms with van der Waals surface area (Å²) in [4.78, 5) is 29.6. The Balaban J connectivity index is 1.41. The van der Waals surface area contributed by atoms with Crippen LogP contribution >= 0.6 is 11.3 Å². The van der Waals surface area contributed by atoms with Gasteiger partial charge in [0.2, 0.25) is 5.91 Å². The molecule has 0 aromatic carbocycles. The normalized spacial score (nSPS) is 23.1. The van der Waals surface area contributed by atoms with E-state index in [1.807, 2.05) is 5.38 Å². The number of aliphatic carboxylic acids is 1. The molecule has 2 saturated carbocycles. The first-order valence-corrected chi connectivity index (χ1v) is 9.60. The number of amides is 1. The highest BCUT2D eigenvalue weighted by molar-refractivity contribution is 7.09. The van der Waals surface area contributed by atoms with Gasteiger partial charge < -0.3 is 10.4 Å². The second-order valence-corrected chi connectivity index (χ2v) is 7.86. The first-order chi connectivity index (χ1) is 11.5. The molecule has 24 heavy (non-hydrogen) atoms. The number of nitrogens with one attached hydrogen (secondary N) is 1. The van der Waals surface area contributed by atoms with E-state index in [2.05, 4.69) is 22.1 Å². The lowest BCUT2D eigenvalue weighted by Crippen LogP contribution is -2.55. The second-order valence-electron chi connectivity index (χ2n) is 6.92. The van der Waals surface area contributed by atoms with E-state index in [0.29, 0.717) is 12.3 Å². The lowest BCUT2D eigenvalue weighted by Gasteiger charge is -2.42. The third-order valence-electron chi connectivity index (χ3n) is 4.77. The van der Waals surface area contributed by atoms with E-state index in [-0.39, 0.29) is 24.5 Å². The van der Waals surface area contributed by atoms with Gasteiger partial charge >= 0.3 is 5.97 Å². The molecule has 2 aliphatic carbocycles. The van der Waals surface area contributed by atoms with Crippen LogP contribution in [0.1, 0.15) is 43.3 Å². The molecule has 0 bridgehead atoms. The average Bonchev–Trinajstić information content (AvgIpc) is 3.18. The summed E-state index contributed by atoms with van der Waals surface area (Å²) >= 11 is 1.60.